The van der Waals surface area contributed by atoms with E-state index in [-0.39, 0.29) is 39.0 Å². The van der Waals surface area contributed by atoms with Crippen LogP contribution in [0.2, 0.25) is 10.0 Å². The highest BCUT2D eigenvalue weighted by molar-refractivity contribution is 7.92. The summed E-state index contributed by atoms with van der Waals surface area (Å²) in [5.74, 6) is -0.591. The second-order valence-electron chi connectivity index (χ2n) is 10.5. The quantitative estimate of drug-likeness (QED) is 0.255. The smallest absolute Gasteiger partial charge is 0.264 e. The first-order valence-corrected chi connectivity index (χ1v) is 15.7. The molecule has 1 unspecified atom stereocenters. The Balaban J connectivity index is 2.07. The zero-order valence-electron chi connectivity index (χ0n) is 24.0. The standard InChI is InChI=1S/C31H37Cl2N3O4S/c1-6-29(31(38)34-18-21(2)3)35(19-24-9-7-8-23(5)16-24)30(37)20-36(25-12-15-27(32)28(33)17-25)41(39,40)26-13-10-22(4)11-14-26/h7-17,21,29H,6,18-20H2,1-5H3,(H,34,38). The Bertz CT molecular complexity index is 1480. The third-order valence-corrected chi connectivity index (χ3v) is 9.11. The number of sulfonamides is 1. The van der Waals surface area contributed by atoms with Crippen molar-refractivity contribution in [3.8, 4) is 0 Å². The van der Waals surface area contributed by atoms with Crippen molar-refractivity contribution in [2.75, 3.05) is 17.4 Å². The van der Waals surface area contributed by atoms with Crippen molar-refractivity contribution in [1.29, 1.82) is 0 Å². The lowest BCUT2D eigenvalue weighted by atomic mass is 10.1. The minimum absolute atomic E-state index is 0.0222. The van der Waals surface area contributed by atoms with E-state index in [1.807, 2.05) is 58.9 Å². The van der Waals surface area contributed by atoms with Crippen molar-refractivity contribution in [2.45, 2.75) is 58.5 Å². The molecule has 0 saturated heterocycles. The van der Waals surface area contributed by atoms with Gasteiger partial charge in [-0.3, -0.25) is 13.9 Å². The van der Waals surface area contributed by atoms with Crippen LogP contribution in [0.25, 0.3) is 0 Å². The summed E-state index contributed by atoms with van der Waals surface area (Å²) in [6.45, 7) is 9.65. The summed E-state index contributed by atoms with van der Waals surface area (Å²) < 4.78 is 28.9. The van der Waals surface area contributed by atoms with Crippen LogP contribution in [-0.4, -0.2) is 44.3 Å². The highest BCUT2D eigenvalue weighted by atomic mass is 35.5. The van der Waals surface area contributed by atoms with Gasteiger partial charge in [0.2, 0.25) is 11.8 Å². The number of hydrogen-bond donors (Lipinski definition) is 1. The van der Waals surface area contributed by atoms with Gasteiger partial charge in [-0.05, 0) is 62.1 Å². The van der Waals surface area contributed by atoms with Gasteiger partial charge in [0.25, 0.3) is 10.0 Å². The third kappa shape index (κ3) is 8.47. The predicted molar refractivity (Wildman–Crippen MR) is 166 cm³/mol. The fourth-order valence-corrected chi connectivity index (χ4v) is 6.05. The van der Waals surface area contributed by atoms with Crippen LogP contribution in [-0.2, 0) is 26.2 Å². The molecule has 0 aliphatic carbocycles. The van der Waals surface area contributed by atoms with Crippen molar-refractivity contribution in [3.05, 3.63) is 93.5 Å². The predicted octanol–water partition coefficient (Wildman–Crippen LogP) is 6.39. The molecule has 3 aromatic rings. The molecule has 1 N–H and O–H groups in total. The Labute approximate surface area is 253 Å². The fourth-order valence-electron chi connectivity index (χ4n) is 4.36. The van der Waals surface area contributed by atoms with Crippen LogP contribution < -0.4 is 9.62 Å². The SMILES string of the molecule is CCC(C(=O)NCC(C)C)N(Cc1cccc(C)c1)C(=O)CN(c1ccc(Cl)c(Cl)c1)S(=O)(=O)c1ccc(C)cc1. The molecule has 0 radical (unpaired) electrons. The minimum Gasteiger partial charge on any atom is -0.354 e. The number of rotatable bonds is 12. The first-order chi connectivity index (χ1) is 19.3. The molecule has 3 rings (SSSR count). The van der Waals surface area contributed by atoms with E-state index in [1.54, 1.807) is 12.1 Å². The van der Waals surface area contributed by atoms with E-state index in [2.05, 4.69) is 5.32 Å². The summed E-state index contributed by atoms with van der Waals surface area (Å²) in [5, 5.41) is 3.33. The zero-order chi connectivity index (χ0) is 30.3. The maximum Gasteiger partial charge on any atom is 0.264 e. The van der Waals surface area contributed by atoms with Crippen LogP contribution in [0.3, 0.4) is 0 Å². The molecule has 0 aliphatic heterocycles. The van der Waals surface area contributed by atoms with Gasteiger partial charge < -0.3 is 10.2 Å². The number of carbonyl (C=O) groups is 2. The molecule has 2 amide bonds. The number of hydrogen-bond acceptors (Lipinski definition) is 4. The number of halogens is 2. The van der Waals surface area contributed by atoms with E-state index in [9.17, 15) is 18.0 Å². The molecule has 3 aromatic carbocycles. The summed E-state index contributed by atoms with van der Waals surface area (Å²) in [6, 6.07) is 17.6. The third-order valence-electron chi connectivity index (χ3n) is 6.58. The van der Waals surface area contributed by atoms with Gasteiger partial charge in [-0.1, -0.05) is 91.5 Å². The Morgan fingerprint density at radius 1 is 0.902 bits per heavy atom. The maximum absolute atomic E-state index is 14.1. The summed E-state index contributed by atoms with van der Waals surface area (Å²) in [6.07, 6.45) is 0.346. The largest absolute Gasteiger partial charge is 0.354 e. The first kappa shape index (κ1) is 32.4. The summed E-state index contributed by atoms with van der Waals surface area (Å²) >= 11 is 12.4. The summed E-state index contributed by atoms with van der Waals surface area (Å²) in [4.78, 5) is 28.9. The number of nitrogens with one attached hydrogen (secondary N) is 1. The molecule has 41 heavy (non-hydrogen) atoms. The number of nitrogens with zero attached hydrogens (tertiary/aromatic N) is 2. The normalized spacial score (nSPS) is 12.2. The first-order valence-electron chi connectivity index (χ1n) is 13.5. The van der Waals surface area contributed by atoms with E-state index in [0.29, 0.717) is 13.0 Å². The molecule has 220 valence electrons. The lowest BCUT2D eigenvalue weighted by Gasteiger charge is -2.33. The van der Waals surface area contributed by atoms with E-state index in [4.69, 9.17) is 23.2 Å². The molecule has 0 spiro atoms. The number of aryl methyl sites for hydroxylation is 2. The van der Waals surface area contributed by atoms with Crippen molar-refractivity contribution in [3.63, 3.8) is 0 Å². The van der Waals surface area contributed by atoms with Gasteiger partial charge in [0, 0.05) is 13.1 Å². The molecular weight excluding hydrogens is 581 g/mol. The molecule has 7 nitrogen and oxygen atoms in total. The molecule has 1 atom stereocenters. The average molecular weight is 619 g/mol. The molecule has 0 aromatic heterocycles. The second-order valence-corrected chi connectivity index (χ2v) is 13.2. The maximum atomic E-state index is 14.1. The van der Waals surface area contributed by atoms with Gasteiger partial charge >= 0.3 is 0 Å². The van der Waals surface area contributed by atoms with E-state index in [1.165, 1.54) is 35.2 Å². The van der Waals surface area contributed by atoms with Crippen LogP contribution in [0.5, 0.6) is 0 Å². The molecule has 0 aliphatic rings. The molecular formula is C31H37Cl2N3O4S. The lowest BCUT2D eigenvalue weighted by molar-refractivity contribution is -0.140. The average Bonchev–Trinajstić information content (AvgIpc) is 2.92. The fraction of sp³-hybridized carbons (Fsp3) is 0.355. The topological polar surface area (TPSA) is 86.8 Å². The van der Waals surface area contributed by atoms with Gasteiger partial charge in [0.05, 0.1) is 20.6 Å². The summed E-state index contributed by atoms with van der Waals surface area (Å²) in [5.41, 5.74) is 2.91. The van der Waals surface area contributed by atoms with Crippen molar-refractivity contribution in [2.24, 2.45) is 5.92 Å². The monoisotopic (exact) mass is 617 g/mol. The number of amides is 2. The minimum atomic E-state index is -4.20. The van der Waals surface area contributed by atoms with E-state index < -0.39 is 28.5 Å². The highest BCUT2D eigenvalue weighted by Crippen LogP contribution is 2.31. The van der Waals surface area contributed by atoms with Crippen molar-refractivity contribution in [1.82, 2.24) is 10.2 Å². The zero-order valence-corrected chi connectivity index (χ0v) is 26.4. The number of benzene rings is 3. The molecule has 0 saturated carbocycles. The second kappa shape index (κ2) is 14.2. The highest BCUT2D eigenvalue weighted by Gasteiger charge is 2.34. The molecule has 10 heteroatoms. The Morgan fingerprint density at radius 2 is 1.59 bits per heavy atom. The van der Waals surface area contributed by atoms with Crippen LogP contribution in [0, 0.1) is 19.8 Å². The Kier molecular flexibility index (Phi) is 11.2. The Hall–Kier alpha value is -3.07. The van der Waals surface area contributed by atoms with Gasteiger partial charge in [-0.15, -0.1) is 0 Å². The van der Waals surface area contributed by atoms with Crippen molar-refractivity contribution >= 4 is 50.7 Å². The van der Waals surface area contributed by atoms with Gasteiger partial charge in [-0.25, -0.2) is 8.42 Å². The van der Waals surface area contributed by atoms with Crippen LogP contribution >= 0.6 is 23.2 Å². The molecule has 0 fully saturated rings. The molecule has 0 bridgehead atoms. The molecule has 0 heterocycles. The van der Waals surface area contributed by atoms with Crippen LogP contribution in [0.4, 0.5) is 5.69 Å². The van der Waals surface area contributed by atoms with E-state index >= 15 is 0 Å². The van der Waals surface area contributed by atoms with Crippen LogP contribution in [0.1, 0.15) is 43.9 Å². The number of anilines is 1. The number of carbonyl (C=O) groups excluding carboxylic acids is 2. The van der Waals surface area contributed by atoms with Gasteiger partial charge in [-0.2, -0.15) is 0 Å². The van der Waals surface area contributed by atoms with Gasteiger partial charge in [0.1, 0.15) is 12.6 Å². The summed E-state index contributed by atoms with van der Waals surface area (Å²) in [7, 11) is -4.20. The Morgan fingerprint density at radius 3 is 2.17 bits per heavy atom. The van der Waals surface area contributed by atoms with Crippen LogP contribution in [0.15, 0.2) is 71.6 Å². The van der Waals surface area contributed by atoms with E-state index in [0.717, 1.165) is 21.0 Å². The van der Waals surface area contributed by atoms with Crippen molar-refractivity contribution < 1.29 is 18.0 Å². The lowest BCUT2D eigenvalue weighted by Crippen LogP contribution is -2.52. The van der Waals surface area contributed by atoms with Gasteiger partial charge in [0.15, 0.2) is 0 Å².